The van der Waals surface area contributed by atoms with E-state index in [2.05, 4.69) is 4.74 Å². The molecule has 0 aliphatic heterocycles. The van der Waals surface area contributed by atoms with Crippen molar-refractivity contribution in [2.24, 2.45) is 0 Å². The SMILES string of the molecule is COC(=O)CCN(C)Cc1cc(F)ccc1F. The fourth-order valence-corrected chi connectivity index (χ4v) is 1.42. The summed E-state index contributed by atoms with van der Waals surface area (Å²) in [4.78, 5) is 12.6. The van der Waals surface area contributed by atoms with Gasteiger partial charge in [0.25, 0.3) is 0 Å². The second kappa shape index (κ2) is 6.30. The molecule has 0 saturated carbocycles. The van der Waals surface area contributed by atoms with Crippen LogP contribution in [0.5, 0.6) is 0 Å². The molecule has 94 valence electrons. The fraction of sp³-hybridized carbons (Fsp3) is 0.417. The molecule has 0 bridgehead atoms. The minimum atomic E-state index is -0.470. The average molecular weight is 243 g/mol. The zero-order valence-electron chi connectivity index (χ0n) is 9.87. The summed E-state index contributed by atoms with van der Waals surface area (Å²) in [5.41, 5.74) is 0.275. The van der Waals surface area contributed by atoms with E-state index >= 15 is 0 Å². The van der Waals surface area contributed by atoms with Crippen LogP contribution in [-0.4, -0.2) is 31.6 Å². The van der Waals surface area contributed by atoms with Gasteiger partial charge in [0.05, 0.1) is 13.5 Å². The minimum absolute atomic E-state index is 0.226. The summed E-state index contributed by atoms with van der Waals surface area (Å²) >= 11 is 0. The Hall–Kier alpha value is -1.49. The maximum atomic E-state index is 13.3. The first-order valence-corrected chi connectivity index (χ1v) is 5.22. The van der Waals surface area contributed by atoms with Crippen LogP contribution in [0.3, 0.4) is 0 Å². The van der Waals surface area contributed by atoms with Crippen molar-refractivity contribution in [3.05, 3.63) is 35.4 Å². The van der Waals surface area contributed by atoms with E-state index in [0.717, 1.165) is 18.2 Å². The largest absolute Gasteiger partial charge is 0.469 e. The molecular weight excluding hydrogens is 228 g/mol. The topological polar surface area (TPSA) is 29.5 Å². The molecule has 0 unspecified atom stereocenters. The highest BCUT2D eigenvalue weighted by atomic mass is 19.1. The lowest BCUT2D eigenvalue weighted by atomic mass is 10.2. The number of nitrogens with zero attached hydrogens (tertiary/aromatic N) is 1. The van der Waals surface area contributed by atoms with E-state index in [-0.39, 0.29) is 24.5 Å². The van der Waals surface area contributed by atoms with Crippen LogP contribution in [0.2, 0.25) is 0 Å². The van der Waals surface area contributed by atoms with E-state index in [1.807, 2.05) is 0 Å². The van der Waals surface area contributed by atoms with Gasteiger partial charge in [-0.05, 0) is 25.2 Å². The zero-order valence-corrected chi connectivity index (χ0v) is 9.87. The summed E-state index contributed by atoms with van der Waals surface area (Å²) in [6, 6.07) is 3.33. The number of rotatable bonds is 5. The second-order valence-electron chi connectivity index (χ2n) is 3.80. The molecule has 0 spiro atoms. The molecule has 0 heterocycles. The van der Waals surface area contributed by atoms with Crippen molar-refractivity contribution in [2.45, 2.75) is 13.0 Å². The Morgan fingerprint density at radius 2 is 2.12 bits per heavy atom. The van der Waals surface area contributed by atoms with Crippen molar-refractivity contribution in [1.29, 1.82) is 0 Å². The molecule has 1 aromatic carbocycles. The number of ether oxygens (including phenoxy) is 1. The Morgan fingerprint density at radius 3 is 2.76 bits per heavy atom. The Balaban J connectivity index is 2.52. The molecule has 0 saturated heterocycles. The third-order valence-corrected chi connectivity index (χ3v) is 2.37. The molecule has 17 heavy (non-hydrogen) atoms. The van der Waals surface area contributed by atoms with Gasteiger partial charge < -0.3 is 9.64 Å². The van der Waals surface area contributed by atoms with E-state index in [9.17, 15) is 13.6 Å². The Morgan fingerprint density at radius 1 is 1.41 bits per heavy atom. The van der Waals surface area contributed by atoms with Gasteiger partial charge in [-0.1, -0.05) is 0 Å². The van der Waals surface area contributed by atoms with E-state index in [0.29, 0.717) is 6.54 Å². The maximum Gasteiger partial charge on any atom is 0.306 e. The first kappa shape index (κ1) is 13.6. The molecule has 0 fully saturated rings. The van der Waals surface area contributed by atoms with Crippen LogP contribution in [0.25, 0.3) is 0 Å². The highest BCUT2D eigenvalue weighted by Crippen LogP contribution is 2.11. The van der Waals surface area contributed by atoms with Crippen molar-refractivity contribution in [3.8, 4) is 0 Å². The zero-order chi connectivity index (χ0) is 12.8. The molecule has 0 N–H and O–H groups in total. The smallest absolute Gasteiger partial charge is 0.306 e. The number of halogens is 2. The van der Waals surface area contributed by atoms with Crippen molar-refractivity contribution < 1.29 is 18.3 Å². The summed E-state index contributed by atoms with van der Waals surface area (Å²) in [6.07, 6.45) is 0.226. The Kier molecular flexibility index (Phi) is 5.03. The Bertz CT molecular complexity index is 396. The molecule has 0 aliphatic rings. The predicted octanol–water partition coefficient (Wildman–Crippen LogP) is 1.96. The summed E-state index contributed by atoms with van der Waals surface area (Å²) in [7, 11) is 3.04. The van der Waals surface area contributed by atoms with E-state index in [1.54, 1.807) is 11.9 Å². The van der Waals surface area contributed by atoms with Gasteiger partial charge in [0, 0.05) is 18.7 Å². The van der Waals surface area contributed by atoms with Gasteiger partial charge >= 0.3 is 5.97 Å². The molecule has 0 radical (unpaired) electrons. The molecule has 1 aromatic rings. The van der Waals surface area contributed by atoms with Crippen molar-refractivity contribution >= 4 is 5.97 Å². The molecule has 0 atom stereocenters. The molecular formula is C12H15F2NO2. The normalized spacial score (nSPS) is 10.6. The van der Waals surface area contributed by atoms with Crippen LogP contribution in [0.4, 0.5) is 8.78 Å². The quantitative estimate of drug-likeness (QED) is 0.740. The highest BCUT2D eigenvalue weighted by molar-refractivity contribution is 5.69. The molecule has 5 heteroatoms. The van der Waals surface area contributed by atoms with Crippen LogP contribution >= 0.6 is 0 Å². The van der Waals surface area contributed by atoms with Crippen molar-refractivity contribution in [1.82, 2.24) is 4.90 Å². The van der Waals surface area contributed by atoms with Crippen molar-refractivity contribution in [2.75, 3.05) is 20.7 Å². The first-order valence-electron chi connectivity index (χ1n) is 5.22. The van der Waals surface area contributed by atoms with Crippen LogP contribution in [0, 0.1) is 11.6 Å². The third kappa shape index (κ3) is 4.48. The fourth-order valence-electron chi connectivity index (χ4n) is 1.42. The monoisotopic (exact) mass is 243 g/mol. The summed E-state index contributed by atoms with van der Waals surface area (Å²) in [5, 5.41) is 0. The predicted molar refractivity (Wildman–Crippen MR) is 59.3 cm³/mol. The van der Waals surface area contributed by atoms with E-state index in [4.69, 9.17) is 0 Å². The van der Waals surface area contributed by atoms with Gasteiger partial charge in [0.2, 0.25) is 0 Å². The minimum Gasteiger partial charge on any atom is -0.469 e. The number of hydrogen-bond acceptors (Lipinski definition) is 3. The molecule has 3 nitrogen and oxygen atoms in total. The van der Waals surface area contributed by atoms with Gasteiger partial charge in [-0.3, -0.25) is 4.79 Å². The molecule has 0 aromatic heterocycles. The van der Waals surface area contributed by atoms with E-state index < -0.39 is 11.6 Å². The van der Waals surface area contributed by atoms with Crippen LogP contribution in [-0.2, 0) is 16.1 Å². The number of carbonyl (C=O) groups is 1. The number of esters is 1. The lowest BCUT2D eigenvalue weighted by Crippen LogP contribution is -2.22. The van der Waals surface area contributed by atoms with E-state index in [1.165, 1.54) is 7.11 Å². The third-order valence-electron chi connectivity index (χ3n) is 2.37. The molecule has 0 aliphatic carbocycles. The van der Waals surface area contributed by atoms with Crippen molar-refractivity contribution in [3.63, 3.8) is 0 Å². The average Bonchev–Trinajstić information content (AvgIpc) is 2.30. The number of hydrogen-bond donors (Lipinski definition) is 0. The summed E-state index contributed by atoms with van der Waals surface area (Å²) in [6.45, 7) is 0.684. The lowest BCUT2D eigenvalue weighted by molar-refractivity contribution is -0.140. The second-order valence-corrected chi connectivity index (χ2v) is 3.80. The van der Waals surface area contributed by atoms with Crippen LogP contribution in [0.1, 0.15) is 12.0 Å². The Labute approximate surface area is 99.0 Å². The number of carbonyl (C=O) groups excluding carboxylic acids is 1. The number of methoxy groups -OCH3 is 1. The lowest BCUT2D eigenvalue weighted by Gasteiger charge is -2.16. The van der Waals surface area contributed by atoms with Crippen LogP contribution in [0.15, 0.2) is 18.2 Å². The van der Waals surface area contributed by atoms with Gasteiger partial charge in [-0.2, -0.15) is 0 Å². The highest BCUT2D eigenvalue weighted by Gasteiger charge is 2.09. The molecule has 0 amide bonds. The van der Waals surface area contributed by atoms with Gasteiger partial charge in [-0.25, -0.2) is 8.78 Å². The van der Waals surface area contributed by atoms with Gasteiger partial charge in [0.1, 0.15) is 11.6 Å². The standard InChI is InChI=1S/C12H15F2NO2/c1-15(6-5-12(16)17-2)8-9-7-10(13)3-4-11(9)14/h3-4,7H,5-6,8H2,1-2H3. The van der Waals surface area contributed by atoms with Gasteiger partial charge in [0.15, 0.2) is 0 Å². The maximum absolute atomic E-state index is 13.3. The van der Waals surface area contributed by atoms with Crippen LogP contribution < -0.4 is 0 Å². The first-order chi connectivity index (χ1) is 8.02. The van der Waals surface area contributed by atoms with Gasteiger partial charge in [-0.15, -0.1) is 0 Å². The molecule has 1 rings (SSSR count). The number of benzene rings is 1. The summed E-state index contributed by atoms with van der Waals surface area (Å²) in [5.74, 6) is -1.24. The summed E-state index contributed by atoms with van der Waals surface area (Å²) < 4.78 is 30.7.